The van der Waals surface area contributed by atoms with E-state index in [1.807, 2.05) is 0 Å². The molecule has 2 heteroatoms. The molecule has 1 aliphatic rings. The predicted octanol–water partition coefficient (Wildman–Crippen LogP) is 2.95. The Hall–Kier alpha value is -0.860. The fourth-order valence-corrected chi connectivity index (χ4v) is 2.78. The van der Waals surface area contributed by atoms with Gasteiger partial charge in [-0.3, -0.25) is 0 Å². The number of aryl methyl sites for hydroxylation is 2. The number of rotatable bonds is 4. The number of hydrogen-bond donors (Lipinski definition) is 1. The summed E-state index contributed by atoms with van der Waals surface area (Å²) in [6.45, 7) is 11.2. The van der Waals surface area contributed by atoms with Crippen LogP contribution in [0.4, 0.5) is 0 Å². The Kier molecular flexibility index (Phi) is 3.52. The highest BCUT2D eigenvalue weighted by molar-refractivity contribution is 5.36. The van der Waals surface area contributed by atoms with Crippen LogP contribution in [0.3, 0.4) is 0 Å². The summed E-state index contributed by atoms with van der Waals surface area (Å²) in [5, 5.41) is 0. The Morgan fingerprint density at radius 2 is 1.89 bits per heavy atom. The maximum Gasteiger partial charge on any atom is 0.0585 e. The SMILES string of the molecule is Cc1ccc(C2(CC(C)(C)CN)COC2)cc1C. The average Bonchev–Trinajstić information content (AvgIpc) is 2.28. The Balaban J connectivity index is 2.29. The highest BCUT2D eigenvalue weighted by Crippen LogP contribution is 2.42. The van der Waals surface area contributed by atoms with Crippen LogP contribution in [0, 0.1) is 19.3 Å². The first kappa shape index (κ1) is 13.6. The van der Waals surface area contributed by atoms with Crippen LogP contribution < -0.4 is 5.73 Å². The molecule has 1 aliphatic heterocycles. The minimum atomic E-state index is 0.169. The van der Waals surface area contributed by atoms with Gasteiger partial charge in [-0.1, -0.05) is 32.0 Å². The maximum absolute atomic E-state index is 5.88. The predicted molar refractivity (Wildman–Crippen MR) is 75.9 cm³/mol. The van der Waals surface area contributed by atoms with Gasteiger partial charge in [-0.15, -0.1) is 0 Å². The monoisotopic (exact) mass is 247 g/mol. The molecule has 1 saturated heterocycles. The molecule has 2 N–H and O–H groups in total. The largest absolute Gasteiger partial charge is 0.379 e. The third kappa shape index (κ3) is 2.45. The van der Waals surface area contributed by atoms with Crippen molar-refractivity contribution in [2.75, 3.05) is 19.8 Å². The third-order valence-electron chi connectivity index (χ3n) is 4.25. The van der Waals surface area contributed by atoms with E-state index in [0.29, 0.717) is 0 Å². The lowest BCUT2D eigenvalue weighted by molar-refractivity contribution is -0.0786. The number of benzene rings is 1. The van der Waals surface area contributed by atoms with E-state index in [4.69, 9.17) is 10.5 Å². The van der Waals surface area contributed by atoms with E-state index in [1.54, 1.807) is 0 Å². The number of nitrogens with two attached hydrogens (primary N) is 1. The fourth-order valence-electron chi connectivity index (χ4n) is 2.78. The molecule has 0 atom stereocenters. The molecule has 0 unspecified atom stereocenters. The van der Waals surface area contributed by atoms with Gasteiger partial charge in [-0.25, -0.2) is 0 Å². The molecule has 2 rings (SSSR count). The molecule has 0 aromatic heterocycles. The van der Waals surface area contributed by atoms with E-state index >= 15 is 0 Å². The summed E-state index contributed by atoms with van der Waals surface area (Å²) in [5.41, 5.74) is 10.4. The van der Waals surface area contributed by atoms with Crippen molar-refractivity contribution >= 4 is 0 Å². The van der Waals surface area contributed by atoms with Crippen molar-refractivity contribution in [2.24, 2.45) is 11.1 Å². The first-order valence-corrected chi connectivity index (χ1v) is 6.74. The first-order valence-electron chi connectivity index (χ1n) is 6.74. The van der Waals surface area contributed by atoms with Gasteiger partial charge in [-0.05, 0) is 48.9 Å². The van der Waals surface area contributed by atoms with E-state index in [0.717, 1.165) is 26.2 Å². The van der Waals surface area contributed by atoms with Crippen molar-refractivity contribution in [3.8, 4) is 0 Å². The Bertz CT molecular complexity index is 433. The summed E-state index contributed by atoms with van der Waals surface area (Å²) in [6.07, 6.45) is 1.10. The van der Waals surface area contributed by atoms with Gasteiger partial charge in [0.05, 0.1) is 13.2 Å². The van der Waals surface area contributed by atoms with Crippen LogP contribution in [0.25, 0.3) is 0 Å². The molecule has 1 aromatic carbocycles. The Labute approximate surface area is 111 Å². The van der Waals surface area contributed by atoms with Crippen LogP contribution in [-0.2, 0) is 10.2 Å². The van der Waals surface area contributed by atoms with Crippen molar-refractivity contribution in [1.29, 1.82) is 0 Å². The van der Waals surface area contributed by atoms with Crippen molar-refractivity contribution < 1.29 is 4.74 Å². The van der Waals surface area contributed by atoms with Crippen molar-refractivity contribution in [3.05, 3.63) is 34.9 Å². The molecule has 0 radical (unpaired) electrons. The molecule has 0 spiro atoms. The van der Waals surface area contributed by atoms with Crippen LogP contribution >= 0.6 is 0 Å². The van der Waals surface area contributed by atoms with Crippen LogP contribution in [0.5, 0.6) is 0 Å². The fraction of sp³-hybridized carbons (Fsp3) is 0.625. The average molecular weight is 247 g/mol. The maximum atomic E-state index is 5.88. The smallest absolute Gasteiger partial charge is 0.0585 e. The molecule has 18 heavy (non-hydrogen) atoms. The highest BCUT2D eigenvalue weighted by Gasteiger charge is 2.43. The van der Waals surface area contributed by atoms with Gasteiger partial charge < -0.3 is 10.5 Å². The van der Waals surface area contributed by atoms with Gasteiger partial charge in [0.15, 0.2) is 0 Å². The van der Waals surface area contributed by atoms with Crippen molar-refractivity contribution in [2.45, 2.75) is 39.5 Å². The molecule has 2 nitrogen and oxygen atoms in total. The second-order valence-electron chi connectivity index (χ2n) is 6.62. The number of hydrogen-bond acceptors (Lipinski definition) is 2. The van der Waals surface area contributed by atoms with Crippen LogP contribution in [-0.4, -0.2) is 19.8 Å². The minimum Gasteiger partial charge on any atom is -0.379 e. The highest BCUT2D eigenvalue weighted by atomic mass is 16.5. The summed E-state index contributed by atoms with van der Waals surface area (Å²) in [5.74, 6) is 0. The molecule has 1 fully saturated rings. The summed E-state index contributed by atoms with van der Waals surface area (Å²) >= 11 is 0. The second-order valence-corrected chi connectivity index (χ2v) is 6.62. The second kappa shape index (κ2) is 4.67. The van der Waals surface area contributed by atoms with E-state index in [9.17, 15) is 0 Å². The van der Waals surface area contributed by atoms with E-state index < -0.39 is 0 Å². The zero-order valence-electron chi connectivity index (χ0n) is 12.0. The summed E-state index contributed by atoms with van der Waals surface area (Å²) in [6, 6.07) is 6.81. The lowest BCUT2D eigenvalue weighted by Gasteiger charge is -2.46. The zero-order valence-corrected chi connectivity index (χ0v) is 12.0. The molecule has 0 bridgehead atoms. The van der Waals surface area contributed by atoms with Gasteiger partial charge in [0.25, 0.3) is 0 Å². The number of ether oxygens (including phenoxy) is 1. The Morgan fingerprint density at radius 1 is 1.22 bits per heavy atom. The van der Waals surface area contributed by atoms with Crippen molar-refractivity contribution in [3.63, 3.8) is 0 Å². The third-order valence-corrected chi connectivity index (χ3v) is 4.25. The standard InChI is InChI=1S/C16H25NO/c1-12-5-6-14(7-13(12)2)16(10-18-11-16)8-15(3,4)9-17/h5-7H,8-11,17H2,1-4H3. The quantitative estimate of drug-likeness (QED) is 0.888. The first-order chi connectivity index (χ1) is 8.38. The summed E-state index contributed by atoms with van der Waals surface area (Å²) in [4.78, 5) is 0. The normalized spacial score (nSPS) is 18.5. The van der Waals surface area contributed by atoms with E-state index in [1.165, 1.54) is 16.7 Å². The Morgan fingerprint density at radius 3 is 2.33 bits per heavy atom. The van der Waals surface area contributed by atoms with Crippen molar-refractivity contribution in [1.82, 2.24) is 0 Å². The molecule has 1 heterocycles. The molecule has 0 amide bonds. The minimum absolute atomic E-state index is 0.169. The van der Waals surface area contributed by atoms with E-state index in [-0.39, 0.29) is 10.8 Å². The van der Waals surface area contributed by atoms with Gasteiger partial charge in [0.1, 0.15) is 0 Å². The summed E-state index contributed by atoms with van der Waals surface area (Å²) < 4.78 is 5.51. The van der Waals surface area contributed by atoms with Gasteiger partial charge in [0, 0.05) is 5.41 Å². The molecular formula is C16H25NO. The topological polar surface area (TPSA) is 35.2 Å². The van der Waals surface area contributed by atoms with Gasteiger partial charge >= 0.3 is 0 Å². The van der Waals surface area contributed by atoms with Gasteiger partial charge in [-0.2, -0.15) is 0 Å². The molecule has 0 aliphatic carbocycles. The molecular weight excluding hydrogens is 222 g/mol. The van der Waals surface area contributed by atoms with Gasteiger partial charge in [0.2, 0.25) is 0 Å². The lowest BCUT2D eigenvalue weighted by atomic mass is 9.67. The zero-order chi connectivity index (χ0) is 13.4. The van der Waals surface area contributed by atoms with Crippen LogP contribution in [0.2, 0.25) is 0 Å². The van der Waals surface area contributed by atoms with Crippen LogP contribution in [0.1, 0.15) is 37.0 Å². The van der Waals surface area contributed by atoms with Crippen LogP contribution in [0.15, 0.2) is 18.2 Å². The van der Waals surface area contributed by atoms with E-state index in [2.05, 4.69) is 45.9 Å². The molecule has 1 aromatic rings. The molecule has 0 saturated carbocycles. The molecule has 100 valence electrons. The summed E-state index contributed by atoms with van der Waals surface area (Å²) in [7, 11) is 0. The lowest BCUT2D eigenvalue weighted by Crippen LogP contribution is -2.50.